The molecule has 2 N–H and O–H groups in total. The van der Waals surface area contributed by atoms with Crippen molar-refractivity contribution in [3.8, 4) is 0 Å². The van der Waals surface area contributed by atoms with Crippen molar-refractivity contribution in [2.75, 3.05) is 37.6 Å². The van der Waals surface area contributed by atoms with Crippen LogP contribution in [0.2, 0.25) is 5.02 Å². The zero-order valence-electron chi connectivity index (χ0n) is 14.1. The number of carbonyl (C=O) groups is 1. The highest BCUT2D eigenvalue weighted by atomic mass is 35.5. The van der Waals surface area contributed by atoms with E-state index in [-0.39, 0.29) is 11.8 Å². The first kappa shape index (κ1) is 16.7. The normalized spacial score (nSPS) is 21.8. The molecule has 25 heavy (non-hydrogen) atoms. The molecule has 2 aliphatic rings. The maximum atomic E-state index is 12.1. The van der Waals surface area contributed by atoms with Crippen LogP contribution in [0.5, 0.6) is 0 Å². The summed E-state index contributed by atoms with van der Waals surface area (Å²) in [6.07, 6.45) is 3.01. The number of carbonyl (C=O) groups excluding carboxylic acids is 1. The van der Waals surface area contributed by atoms with E-state index in [1.54, 1.807) is 0 Å². The van der Waals surface area contributed by atoms with Gasteiger partial charge < -0.3 is 20.0 Å². The summed E-state index contributed by atoms with van der Waals surface area (Å²) in [6.45, 7) is 4.32. The summed E-state index contributed by atoms with van der Waals surface area (Å²) in [5.41, 5.74) is 1.56. The third-order valence-corrected chi connectivity index (χ3v) is 5.45. The highest BCUT2D eigenvalue weighted by molar-refractivity contribution is 6.31. The summed E-state index contributed by atoms with van der Waals surface area (Å²) >= 11 is 6.01. The SMILES string of the molecule is O=C(NCC1CCN(c2nc3cc(Cl)ccc3o2)CC1)C1CCNC1. The molecule has 0 bridgehead atoms. The summed E-state index contributed by atoms with van der Waals surface area (Å²) < 4.78 is 5.84. The van der Waals surface area contributed by atoms with Crippen molar-refractivity contribution in [3.63, 3.8) is 0 Å². The van der Waals surface area contributed by atoms with Gasteiger partial charge in [-0.25, -0.2) is 0 Å². The smallest absolute Gasteiger partial charge is 0.298 e. The van der Waals surface area contributed by atoms with Gasteiger partial charge in [0.1, 0.15) is 5.52 Å². The maximum absolute atomic E-state index is 12.1. The molecular weight excluding hydrogens is 340 g/mol. The Kier molecular flexibility index (Phi) is 4.81. The van der Waals surface area contributed by atoms with E-state index in [1.807, 2.05) is 18.2 Å². The number of benzene rings is 1. The Balaban J connectivity index is 1.29. The Bertz CT molecular complexity index is 749. The number of hydrogen-bond donors (Lipinski definition) is 2. The molecule has 1 aromatic heterocycles. The predicted octanol–water partition coefficient (Wildman–Crippen LogP) is 2.42. The molecule has 4 rings (SSSR count). The van der Waals surface area contributed by atoms with Gasteiger partial charge in [-0.3, -0.25) is 4.79 Å². The second-order valence-corrected chi connectivity index (χ2v) is 7.41. The molecule has 1 aromatic carbocycles. The van der Waals surface area contributed by atoms with Crippen LogP contribution in [0.1, 0.15) is 19.3 Å². The van der Waals surface area contributed by atoms with E-state index in [4.69, 9.17) is 16.0 Å². The standard InChI is InChI=1S/C18H23ClN4O2/c19-14-1-2-16-15(9-14)22-18(25-16)23-7-4-12(5-8-23)10-21-17(24)13-3-6-20-11-13/h1-2,9,12-13,20H,3-8,10-11H2,(H,21,24). The monoisotopic (exact) mass is 362 g/mol. The molecule has 3 heterocycles. The number of fused-ring (bicyclic) bond motifs is 1. The van der Waals surface area contributed by atoms with Gasteiger partial charge in [0.15, 0.2) is 5.58 Å². The highest BCUT2D eigenvalue weighted by Gasteiger charge is 2.25. The lowest BCUT2D eigenvalue weighted by Gasteiger charge is -2.31. The number of nitrogens with zero attached hydrogens (tertiary/aromatic N) is 2. The molecule has 6 nitrogen and oxygen atoms in total. The predicted molar refractivity (Wildman–Crippen MR) is 97.9 cm³/mol. The number of nitrogens with one attached hydrogen (secondary N) is 2. The summed E-state index contributed by atoms with van der Waals surface area (Å²) in [5.74, 6) is 0.864. The van der Waals surface area contributed by atoms with Crippen molar-refractivity contribution in [1.82, 2.24) is 15.6 Å². The van der Waals surface area contributed by atoms with Gasteiger partial charge in [-0.05, 0) is 49.9 Å². The lowest BCUT2D eigenvalue weighted by molar-refractivity contribution is -0.124. The molecule has 0 radical (unpaired) electrons. The average Bonchev–Trinajstić information content (AvgIpc) is 3.29. The van der Waals surface area contributed by atoms with E-state index >= 15 is 0 Å². The van der Waals surface area contributed by atoms with Crippen LogP contribution in [0.15, 0.2) is 22.6 Å². The molecule has 1 atom stereocenters. The summed E-state index contributed by atoms with van der Waals surface area (Å²) in [6, 6.07) is 6.16. The number of anilines is 1. The lowest BCUT2D eigenvalue weighted by atomic mass is 9.96. The number of aromatic nitrogens is 1. The molecule has 0 spiro atoms. The largest absolute Gasteiger partial charge is 0.423 e. The van der Waals surface area contributed by atoms with E-state index in [2.05, 4.69) is 20.5 Å². The minimum absolute atomic E-state index is 0.145. The molecule has 2 fully saturated rings. The molecule has 2 aromatic rings. The zero-order chi connectivity index (χ0) is 17.2. The van der Waals surface area contributed by atoms with Gasteiger partial charge in [-0.1, -0.05) is 11.6 Å². The number of oxazole rings is 1. The van der Waals surface area contributed by atoms with Crippen molar-refractivity contribution < 1.29 is 9.21 Å². The second kappa shape index (κ2) is 7.22. The van der Waals surface area contributed by atoms with Crippen molar-refractivity contribution in [3.05, 3.63) is 23.2 Å². The lowest BCUT2D eigenvalue weighted by Crippen LogP contribution is -2.40. The summed E-state index contributed by atoms with van der Waals surface area (Å²) in [5, 5.41) is 7.03. The van der Waals surface area contributed by atoms with Crippen LogP contribution in [0, 0.1) is 11.8 Å². The van der Waals surface area contributed by atoms with Crippen molar-refractivity contribution in [2.24, 2.45) is 11.8 Å². The summed E-state index contributed by atoms with van der Waals surface area (Å²) in [4.78, 5) is 18.8. The molecular formula is C18H23ClN4O2. The Morgan fingerprint density at radius 1 is 1.36 bits per heavy atom. The molecule has 1 unspecified atom stereocenters. The van der Waals surface area contributed by atoms with Crippen LogP contribution >= 0.6 is 11.6 Å². The van der Waals surface area contributed by atoms with Crippen molar-refractivity contribution in [1.29, 1.82) is 0 Å². The fourth-order valence-electron chi connectivity index (χ4n) is 3.62. The molecule has 7 heteroatoms. The quantitative estimate of drug-likeness (QED) is 0.874. The van der Waals surface area contributed by atoms with E-state index in [0.29, 0.717) is 17.0 Å². The fraction of sp³-hybridized carbons (Fsp3) is 0.556. The first-order valence-electron chi connectivity index (χ1n) is 8.98. The molecule has 134 valence electrons. The highest BCUT2D eigenvalue weighted by Crippen LogP contribution is 2.27. The topological polar surface area (TPSA) is 70.4 Å². The van der Waals surface area contributed by atoms with Gasteiger partial charge in [0.25, 0.3) is 6.01 Å². The number of amides is 1. The molecule has 0 saturated carbocycles. The minimum atomic E-state index is 0.145. The van der Waals surface area contributed by atoms with Crippen LogP contribution in [0.25, 0.3) is 11.1 Å². The van der Waals surface area contributed by atoms with Gasteiger partial charge in [0.2, 0.25) is 5.91 Å². The maximum Gasteiger partial charge on any atom is 0.298 e. The van der Waals surface area contributed by atoms with Gasteiger partial charge in [0, 0.05) is 31.2 Å². The third-order valence-electron chi connectivity index (χ3n) is 5.22. The van der Waals surface area contributed by atoms with Crippen molar-refractivity contribution >= 4 is 34.6 Å². The first-order chi connectivity index (χ1) is 12.2. The van der Waals surface area contributed by atoms with E-state index in [1.165, 1.54) is 0 Å². The number of halogens is 1. The van der Waals surface area contributed by atoms with E-state index in [0.717, 1.165) is 63.1 Å². The number of hydrogen-bond acceptors (Lipinski definition) is 5. The number of rotatable bonds is 4. The van der Waals surface area contributed by atoms with Gasteiger partial charge in [0.05, 0.1) is 5.92 Å². The zero-order valence-corrected chi connectivity index (χ0v) is 14.9. The Hall–Kier alpha value is -1.79. The first-order valence-corrected chi connectivity index (χ1v) is 9.36. The Labute approximate surface area is 151 Å². The van der Waals surface area contributed by atoms with E-state index < -0.39 is 0 Å². The third kappa shape index (κ3) is 3.75. The molecule has 1 amide bonds. The van der Waals surface area contributed by atoms with E-state index in [9.17, 15) is 4.79 Å². The van der Waals surface area contributed by atoms with Gasteiger partial charge in [-0.2, -0.15) is 4.98 Å². The van der Waals surface area contributed by atoms with Crippen LogP contribution in [0.3, 0.4) is 0 Å². The van der Waals surface area contributed by atoms with Crippen LogP contribution < -0.4 is 15.5 Å². The van der Waals surface area contributed by atoms with Crippen LogP contribution in [-0.2, 0) is 4.79 Å². The Morgan fingerprint density at radius 2 is 2.20 bits per heavy atom. The second-order valence-electron chi connectivity index (χ2n) is 6.97. The average molecular weight is 363 g/mol. The Morgan fingerprint density at radius 3 is 2.96 bits per heavy atom. The van der Waals surface area contributed by atoms with Crippen LogP contribution in [0.4, 0.5) is 6.01 Å². The molecule has 2 aliphatic heterocycles. The van der Waals surface area contributed by atoms with Crippen molar-refractivity contribution in [2.45, 2.75) is 19.3 Å². The van der Waals surface area contributed by atoms with Gasteiger partial charge in [-0.15, -0.1) is 0 Å². The molecule has 0 aliphatic carbocycles. The number of piperidine rings is 1. The minimum Gasteiger partial charge on any atom is -0.423 e. The summed E-state index contributed by atoms with van der Waals surface area (Å²) in [7, 11) is 0. The van der Waals surface area contributed by atoms with Gasteiger partial charge >= 0.3 is 0 Å². The fourth-order valence-corrected chi connectivity index (χ4v) is 3.79. The van der Waals surface area contributed by atoms with Crippen LogP contribution in [-0.4, -0.2) is 43.6 Å². The molecule has 2 saturated heterocycles.